The molecule has 2 fully saturated rings. The monoisotopic (exact) mass is 311 g/mol. The number of nitrogens with one attached hydrogen (secondary N) is 2. The maximum Gasteiger partial charge on any atom is 0.191 e. The third-order valence-corrected chi connectivity index (χ3v) is 4.79. The maximum atomic E-state index is 5.80. The Morgan fingerprint density at radius 1 is 1.18 bits per heavy atom. The van der Waals surface area contributed by atoms with Crippen LogP contribution < -0.4 is 10.6 Å². The highest BCUT2D eigenvalue weighted by Gasteiger charge is 2.29. The summed E-state index contributed by atoms with van der Waals surface area (Å²) in [6, 6.07) is 0. The number of rotatable bonds is 6. The Kier molecular flexibility index (Phi) is 6.92. The molecular weight excluding hydrogens is 278 g/mol. The van der Waals surface area contributed by atoms with Crippen LogP contribution in [0.1, 0.15) is 26.7 Å². The minimum atomic E-state index is -0.0336. The number of hydrogen-bond acceptors (Lipinski definition) is 4. The van der Waals surface area contributed by atoms with Crippen molar-refractivity contribution in [2.75, 3.05) is 66.0 Å². The summed E-state index contributed by atoms with van der Waals surface area (Å²) in [7, 11) is 1.83. The molecule has 2 saturated heterocycles. The highest BCUT2D eigenvalue weighted by atomic mass is 16.5. The third-order valence-electron chi connectivity index (χ3n) is 4.79. The van der Waals surface area contributed by atoms with Gasteiger partial charge in [-0.15, -0.1) is 0 Å². The average Bonchev–Trinajstić information content (AvgIpc) is 2.98. The van der Waals surface area contributed by atoms with Crippen LogP contribution in [0, 0.1) is 0 Å². The van der Waals surface area contributed by atoms with Gasteiger partial charge in [0.25, 0.3) is 0 Å². The molecule has 0 aliphatic carbocycles. The van der Waals surface area contributed by atoms with Gasteiger partial charge in [-0.05, 0) is 26.3 Å². The molecule has 0 aromatic carbocycles. The van der Waals surface area contributed by atoms with Crippen LogP contribution in [0.4, 0.5) is 0 Å². The highest BCUT2D eigenvalue weighted by molar-refractivity contribution is 5.79. The average molecular weight is 311 g/mol. The first kappa shape index (κ1) is 17.5. The summed E-state index contributed by atoms with van der Waals surface area (Å²) in [6.07, 6.45) is 2.28. The largest absolute Gasteiger partial charge is 0.373 e. The molecule has 1 unspecified atom stereocenters. The Labute approximate surface area is 135 Å². The quantitative estimate of drug-likeness (QED) is 0.548. The standard InChI is InChI=1S/C16H33N5O/c1-4-20-9-11-21(12-10-20)8-7-18-15(17-3)19-14-16(2)6-5-13-22-16/h4-14H2,1-3H3,(H2,17,18,19). The van der Waals surface area contributed by atoms with Crippen molar-refractivity contribution in [1.82, 2.24) is 20.4 Å². The molecule has 0 bridgehead atoms. The van der Waals surface area contributed by atoms with E-state index in [-0.39, 0.29) is 5.60 Å². The lowest BCUT2D eigenvalue weighted by molar-refractivity contribution is 0.0242. The fourth-order valence-electron chi connectivity index (χ4n) is 3.13. The summed E-state index contributed by atoms with van der Waals surface area (Å²) < 4.78 is 5.80. The molecule has 0 aromatic heterocycles. The second kappa shape index (κ2) is 8.70. The number of hydrogen-bond donors (Lipinski definition) is 2. The number of piperazine rings is 1. The van der Waals surface area contributed by atoms with Gasteiger partial charge in [0.05, 0.1) is 5.60 Å². The Morgan fingerprint density at radius 3 is 2.50 bits per heavy atom. The van der Waals surface area contributed by atoms with Crippen molar-refractivity contribution >= 4 is 5.96 Å². The van der Waals surface area contributed by atoms with Crippen molar-refractivity contribution in [1.29, 1.82) is 0 Å². The summed E-state index contributed by atoms with van der Waals surface area (Å²) in [5, 5.41) is 6.80. The van der Waals surface area contributed by atoms with E-state index < -0.39 is 0 Å². The lowest BCUT2D eigenvalue weighted by atomic mass is 10.0. The second-order valence-corrected chi connectivity index (χ2v) is 6.53. The molecule has 0 saturated carbocycles. The SMILES string of the molecule is CCN1CCN(CCNC(=NC)NCC2(C)CCCO2)CC1. The van der Waals surface area contributed by atoms with Gasteiger partial charge in [0.15, 0.2) is 5.96 Å². The van der Waals surface area contributed by atoms with Gasteiger partial charge >= 0.3 is 0 Å². The Hall–Kier alpha value is -0.850. The summed E-state index contributed by atoms with van der Waals surface area (Å²) in [5.41, 5.74) is -0.0336. The van der Waals surface area contributed by atoms with E-state index >= 15 is 0 Å². The van der Waals surface area contributed by atoms with Crippen LogP contribution >= 0.6 is 0 Å². The van der Waals surface area contributed by atoms with E-state index in [4.69, 9.17) is 4.74 Å². The maximum absolute atomic E-state index is 5.80. The van der Waals surface area contributed by atoms with Gasteiger partial charge in [-0.1, -0.05) is 6.92 Å². The summed E-state index contributed by atoms with van der Waals surface area (Å²) >= 11 is 0. The van der Waals surface area contributed by atoms with E-state index in [0.29, 0.717) is 0 Å². The Morgan fingerprint density at radius 2 is 1.91 bits per heavy atom. The van der Waals surface area contributed by atoms with Crippen molar-refractivity contribution < 1.29 is 4.74 Å². The van der Waals surface area contributed by atoms with Crippen LogP contribution in [-0.2, 0) is 4.74 Å². The number of guanidine groups is 1. The van der Waals surface area contributed by atoms with Crippen LogP contribution in [0.3, 0.4) is 0 Å². The molecule has 0 aromatic rings. The zero-order valence-corrected chi connectivity index (χ0v) is 14.5. The first-order valence-electron chi connectivity index (χ1n) is 8.68. The van der Waals surface area contributed by atoms with Gasteiger partial charge in [-0.25, -0.2) is 0 Å². The van der Waals surface area contributed by atoms with E-state index in [1.807, 2.05) is 7.05 Å². The van der Waals surface area contributed by atoms with Gasteiger partial charge in [0.1, 0.15) is 0 Å². The molecule has 0 amide bonds. The molecule has 0 radical (unpaired) electrons. The minimum Gasteiger partial charge on any atom is -0.373 e. The summed E-state index contributed by atoms with van der Waals surface area (Å²) in [6.45, 7) is 14.0. The van der Waals surface area contributed by atoms with Crippen LogP contribution in [0.15, 0.2) is 4.99 Å². The molecule has 2 N–H and O–H groups in total. The minimum absolute atomic E-state index is 0.0336. The lowest BCUT2D eigenvalue weighted by Gasteiger charge is -2.34. The van der Waals surface area contributed by atoms with Crippen molar-refractivity contribution in [2.45, 2.75) is 32.3 Å². The van der Waals surface area contributed by atoms with E-state index in [9.17, 15) is 0 Å². The molecule has 2 aliphatic heterocycles. The molecule has 1 atom stereocenters. The van der Waals surface area contributed by atoms with Crippen molar-refractivity contribution in [3.05, 3.63) is 0 Å². The van der Waals surface area contributed by atoms with Crippen LogP contribution in [0.2, 0.25) is 0 Å². The molecule has 0 spiro atoms. The van der Waals surface area contributed by atoms with E-state index in [2.05, 4.69) is 39.3 Å². The number of likely N-dealkylation sites (N-methyl/N-ethyl adjacent to an activating group) is 1. The molecule has 6 nitrogen and oxygen atoms in total. The van der Waals surface area contributed by atoms with Gasteiger partial charge in [0, 0.05) is 59.5 Å². The Balaban J connectivity index is 1.60. The predicted octanol–water partition coefficient (Wildman–Crippen LogP) is 0.358. The smallest absolute Gasteiger partial charge is 0.191 e. The highest BCUT2D eigenvalue weighted by Crippen LogP contribution is 2.23. The van der Waals surface area contributed by atoms with Crippen molar-refractivity contribution in [3.8, 4) is 0 Å². The fraction of sp³-hybridized carbons (Fsp3) is 0.938. The molecule has 2 rings (SSSR count). The van der Waals surface area contributed by atoms with Crippen LogP contribution in [0.5, 0.6) is 0 Å². The zero-order valence-electron chi connectivity index (χ0n) is 14.5. The van der Waals surface area contributed by atoms with E-state index in [1.54, 1.807) is 0 Å². The van der Waals surface area contributed by atoms with Crippen molar-refractivity contribution in [2.24, 2.45) is 4.99 Å². The third kappa shape index (κ3) is 5.41. The first-order chi connectivity index (χ1) is 10.6. The first-order valence-corrected chi connectivity index (χ1v) is 8.68. The predicted molar refractivity (Wildman–Crippen MR) is 91.5 cm³/mol. The van der Waals surface area contributed by atoms with Crippen molar-refractivity contribution in [3.63, 3.8) is 0 Å². The summed E-state index contributed by atoms with van der Waals surface area (Å²) in [4.78, 5) is 9.33. The number of aliphatic imine (C=N–C) groups is 1. The second-order valence-electron chi connectivity index (χ2n) is 6.53. The molecule has 2 heterocycles. The number of nitrogens with zero attached hydrogens (tertiary/aromatic N) is 3. The van der Waals surface area contributed by atoms with Crippen LogP contribution in [-0.4, -0.2) is 87.4 Å². The Bertz CT molecular complexity index is 346. The van der Waals surface area contributed by atoms with Gasteiger partial charge in [0.2, 0.25) is 0 Å². The molecular formula is C16H33N5O. The van der Waals surface area contributed by atoms with Gasteiger partial charge in [-0.3, -0.25) is 9.89 Å². The fourth-order valence-corrected chi connectivity index (χ4v) is 3.13. The lowest BCUT2D eigenvalue weighted by Crippen LogP contribution is -2.50. The normalized spacial score (nSPS) is 28.0. The van der Waals surface area contributed by atoms with Gasteiger partial charge < -0.3 is 20.3 Å². The number of ether oxygens (including phenoxy) is 1. The van der Waals surface area contributed by atoms with Gasteiger partial charge in [-0.2, -0.15) is 0 Å². The van der Waals surface area contributed by atoms with Crippen LogP contribution in [0.25, 0.3) is 0 Å². The molecule has 2 aliphatic rings. The van der Waals surface area contributed by atoms with E-state index in [0.717, 1.165) is 45.0 Å². The molecule has 6 heteroatoms. The topological polar surface area (TPSA) is 52.1 Å². The molecule has 128 valence electrons. The summed E-state index contributed by atoms with van der Waals surface area (Å²) in [5.74, 6) is 0.879. The van der Waals surface area contributed by atoms with E-state index in [1.165, 1.54) is 32.7 Å². The molecule has 22 heavy (non-hydrogen) atoms. The zero-order chi connectivity index (χ0) is 15.8.